The van der Waals surface area contributed by atoms with Crippen molar-refractivity contribution in [3.05, 3.63) is 29.8 Å². The lowest BCUT2D eigenvalue weighted by molar-refractivity contribution is 0.0361. The Morgan fingerprint density at radius 1 is 1.19 bits per heavy atom. The number of carbonyl (C=O) groups is 2. The first-order valence-corrected chi connectivity index (χ1v) is 11.8. The van der Waals surface area contributed by atoms with Crippen LogP contribution >= 0.6 is 0 Å². The second-order valence-electron chi connectivity index (χ2n) is 9.49. The summed E-state index contributed by atoms with van der Waals surface area (Å²) >= 11 is 0. The Kier molecular flexibility index (Phi) is 10.1. The Bertz CT molecular complexity index is 747. The number of hydrogen-bond acceptors (Lipinski definition) is 6. The van der Waals surface area contributed by atoms with Crippen LogP contribution in [-0.2, 0) is 9.47 Å². The highest BCUT2D eigenvalue weighted by Gasteiger charge is 2.28. The van der Waals surface area contributed by atoms with Gasteiger partial charge in [-0.2, -0.15) is 0 Å². The second-order valence-corrected chi connectivity index (χ2v) is 9.49. The summed E-state index contributed by atoms with van der Waals surface area (Å²) in [6, 6.07) is 7.62. The van der Waals surface area contributed by atoms with Crippen molar-refractivity contribution in [3.8, 4) is 0 Å². The number of para-hydroxylation sites is 1. The van der Waals surface area contributed by atoms with Crippen molar-refractivity contribution in [1.29, 1.82) is 0 Å². The van der Waals surface area contributed by atoms with Gasteiger partial charge in [-0.3, -0.25) is 19.9 Å². The Morgan fingerprint density at radius 3 is 2.56 bits per heavy atom. The number of piperazine rings is 1. The largest absolute Gasteiger partial charge is 0.444 e. The molecule has 1 aliphatic rings. The molecule has 0 radical (unpaired) electrons. The molecule has 1 aliphatic heterocycles. The van der Waals surface area contributed by atoms with E-state index in [0.29, 0.717) is 23.8 Å². The van der Waals surface area contributed by atoms with Gasteiger partial charge in [0.25, 0.3) is 0 Å². The summed E-state index contributed by atoms with van der Waals surface area (Å²) in [4.78, 5) is 30.4. The molecule has 0 aromatic heterocycles. The number of rotatable bonds is 10. The van der Waals surface area contributed by atoms with Gasteiger partial charge in [-0.15, -0.1) is 0 Å². The molecule has 1 amide bonds. The van der Waals surface area contributed by atoms with Gasteiger partial charge in [0.2, 0.25) is 0 Å². The number of anilines is 1. The third kappa shape index (κ3) is 8.19. The summed E-state index contributed by atoms with van der Waals surface area (Å²) in [7, 11) is 0. The van der Waals surface area contributed by atoms with Gasteiger partial charge in [0, 0.05) is 56.9 Å². The van der Waals surface area contributed by atoms with Crippen LogP contribution < -0.4 is 5.32 Å². The number of hydrogen-bond donors (Lipinski definition) is 1. The van der Waals surface area contributed by atoms with Crippen LogP contribution in [0.3, 0.4) is 0 Å². The maximum absolute atomic E-state index is 13.2. The predicted octanol–water partition coefficient (Wildman–Crippen LogP) is 4.29. The highest BCUT2D eigenvalue weighted by atomic mass is 16.6. The summed E-state index contributed by atoms with van der Waals surface area (Å²) in [6.07, 6.45) is 0.521. The summed E-state index contributed by atoms with van der Waals surface area (Å²) in [5, 5.41) is 2.74. The molecular weight excluding hydrogens is 406 g/mol. The standard InChI is InChI=1S/C25H41N3O4/c1-7-20-18-27(13-14-28(20)15-16-31-8-2)17-19(3)23(29)21-11-9-10-12-22(21)26-24(30)32-25(4,5)6/h9-12,19-20H,7-8,13-18H2,1-6H3,(H,26,30)/t19-,20+/m1/s1. The monoisotopic (exact) mass is 447 g/mol. The molecule has 0 unspecified atom stereocenters. The van der Waals surface area contributed by atoms with Gasteiger partial charge in [0.15, 0.2) is 5.78 Å². The van der Waals surface area contributed by atoms with Crippen molar-refractivity contribution in [2.75, 3.05) is 51.3 Å². The van der Waals surface area contributed by atoms with Crippen LogP contribution in [0.5, 0.6) is 0 Å². The maximum atomic E-state index is 13.2. The van der Waals surface area contributed by atoms with Crippen LogP contribution in [0.1, 0.15) is 58.3 Å². The molecule has 2 atom stereocenters. The van der Waals surface area contributed by atoms with Crippen LogP contribution in [0.25, 0.3) is 0 Å². The van der Waals surface area contributed by atoms with E-state index in [1.165, 1.54) is 0 Å². The zero-order valence-electron chi connectivity index (χ0n) is 20.6. The van der Waals surface area contributed by atoms with Crippen LogP contribution in [0.2, 0.25) is 0 Å². The number of nitrogens with one attached hydrogen (secondary N) is 1. The van der Waals surface area contributed by atoms with E-state index in [4.69, 9.17) is 9.47 Å². The highest BCUT2D eigenvalue weighted by molar-refractivity contribution is 6.05. The highest BCUT2D eigenvalue weighted by Crippen LogP contribution is 2.22. The smallest absolute Gasteiger partial charge is 0.412 e. The average molecular weight is 448 g/mol. The minimum absolute atomic E-state index is 0.0310. The second kappa shape index (κ2) is 12.3. The predicted molar refractivity (Wildman–Crippen MR) is 128 cm³/mol. The number of Topliss-reactive ketones (excluding diaryl/α,β-unsaturated/α-hetero) is 1. The Morgan fingerprint density at radius 2 is 1.91 bits per heavy atom. The van der Waals surface area contributed by atoms with E-state index in [-0.39, 0.29) is 11.7 Å². The first kappa shape index (κ1) is 26.3. The fraction of sp³-hybridized carbons (Fsp3) is 0.680. The average Bonchev–Trinajstić information content (AvgIpc) is 2.73. The summed E-state index contributed by atoms with van der Waals surface area (Å²) in [5.74, 6) is -0.146. The van der Waals surface area contributed by atoms with E-state index in [2.05, 4.69) is 22.0 Å². The molecule has 180 valence electrons. The van der Waals surface area contributed by atoms with E-state index >= 15 is 0 Å². The summed E-state index contributed by atoms with van der Waals surface area (Å²) in [6.45, 7) is 17.7. The Balaban J connectivity index is 1.97. The number of ketones is 1. The maximum Gasteiger partial charge on any atom is 0.412 e. The van der Waals surface area contributed by atoms with Crippen molar-refractivity contribution >= 4 is 17.6 Å². The van der Waals surface area contributed by atoms with E-state index in [9.17, 15) is 9.59 Å². The number of ether oxygens (including phenoxy) is 2. The molecule has 0 bridgehead atoms. The molecule has 1 saturated heterocycles. The van der Waals surface area contributed by atoms with E-state index < -0.39 is 11.7 Å². The minimum atomic E-state index is -0.600. The molecule has 1 aromatic rings. The third-order valence-corrected chi connectivity index (χ3v) is 5.69. The number of amides is 1. The lowest BCUT2D eigenvalue weighted by Crippen LogP contribution is -2.54. The van der Waals surface area contributed by atoms with Crippen LogP contribution in [0.15, 0.2) is 24.3 Å². The normalized spacial score (nSPS) is 18.9. The van der Waals surface area contributed by atoms with Crippen molar-refractivity contribution in [1.82, 2.24) is 9.80 Å². The molecule has 7 nitrogen and oxygen atoms in total. The van der Waals surface area contributed by atoms with Crippen molar-refractivity contribution in [2.24, 2.45) is 5.92 Å². The molecule has 1 fully saturated rings. The topological polar surface area (TPSA) is 71.1 Å². The van der Waals surface area contributed by atoms with Crippen molar-refractivity contribution in [2.45, 2.75) is 59.6 Å². The van der Waals surface area contributed by atoms with E-state index in [1.54, 1.807) is 12.1 Å². The van der Waals surface area contributed by atoms with Gasteiger partial charge in [-0.05, 0) is 46.2 Å². The molecule has 1 N–H and O–H groups in total. The van der Waals surface area contributed by atoms with E-state index in [1.807, 2.05) is 46.8 Å². The minimum Gasteiger partial charge on any atom is -0.444 e. The zero-order chi connectivity index (χ0) is 23.7. The molecule has 0 aliphatic carbocycles. The lowest BCUT2D eigenvalue weighted by Gasteiger charge is -2.41. The third-order valence-electron chi connectivity index (χ3n) is 5.69. The fourth-order valence-corrected chi connectivity index (χ4v) is 4.09. The van der Waals surface area contributed by atoms with Gasteiger partial charge in [-0.25, -0.2) is 4.79 Å². The molecule has 32 heavy (non-hydrogen) atoms. The molecule has 7 heteroatoms. The van der Waals surface area contributed by atoms with Crippen LogP contribution in [0.4, 0.5) is 10.5 Å². The Labute approximate surface area is 193 Å². The summed E-state index contributed by atoms with van der Waals surface area (Å²) < 4.78 is 10.9. The number of benzene rings is 1. The van der Waals surface area contributed by atoms with Gasteiger partial charge in [0.1, 0.15) is 5.60 Å². The molecule has 0 spiro atoms. The molecular formula is C25H41N3O4. The van der Waals surface area contributed by atoms with Gasteiger partial charge in [0.05, 0.1) is 12.3 Å². The molecule has 1 aromatic carbocycles. The lowest BCUT2D eigenvalue weighted by atomic mass is 9.96. The summed E-state index contributed by atoms with van der Waals surface area (Å²) in [5.41, 5.74) is 0.413. The number of nitrogens with zero attached hydrogens (tertiary/aromatic N) is 2. The first-order chi connectivity index (χ1) is 15.1. The molecule has 0 saturated carbocycles. The van der Waals surface area contributed by atoms with Crippen molar-refractivity contribution in [3.63, 3.8) is 0 Å². The van der Waals surface area contributed by atoms with E-state index in [0.717, 1.165) is 45.8 Å². The quantitative estimate of drug-likeness (QED) is 0.426. The SMILES string of the molecule is CCOCCN1CCN(C[C@@H](C)C(=O)c2ccccc2NC(=O)OC(C)(C)C)C[C@@H]1CC. The molecule has 2 rings (SSSR count). The Hall–Kier alpha value is -1.96. The molecule has 1 heterocycles. The van der Waals surface area contributed by atoms with Crippen LogP contribution in [0, 0.1) is 5.92 Å². The zero-order valence-corrected chi connectivity index (χ0v) is 20.6. The van der Waals surface area contributed by atoms with Crippen molar-refractivity contribution < 1.29 is 19.1 Å². The van der Waals surface area contributed by atoms with Gasteiger partial charge in [-0.1, -0.05) is 26.0 Å². The first-order valence-electron chi connectivity index (χ1n) is 11.8. The van der Waals surface area contributed by atoms with Gasteiger partial charge >= 0.3 is 6.09 Å². The van der Waals surface area contributed by atoms with Crippen LogP contribution in [-0.4, -0.2) is 79.3 Å². The fourth-order valence-electron chi connectivity index (χ4n) is 4.09. The number of carbonyl (C=O) groups excluding carboxylic acids is 2. The van der Waals surface area contributed by atoms with Gasteiger partial charge < -0.3 is 9.47 Å².